The summed E-state index contributed by atoms with van der Waals surface area (Å²) >= 11 is 0. The van der Waals surface area contributed by atoms with Crippen LogP contribution in [0.2, 0.25) is 0 Å². The lowest BCUT2D eigenvalue weighted by molar-refractivity contribution is -0.139. The molecule has 0 saturated heterocycles. The molecule has 0 aliphatic carbocycles. The molecule has 0 spiro atoms. The largest absolute Gasteiger partial charge is 0.482 e. The van der Waals surface area contributed by atoms with Crippen LogP contribution in [0, 0.1) is 13.8 Å². The van der Waals surface area contributed by atoms with Crippen LogP contribution in [0.4, 0.5) is 0 Å². The molecule has 1 aromatic carbocycles. The highest BCUT2D eigenvalue weighted by Gasteiger charge is 2.14. The Balaban J connectivity index is 3.09. The molecule has 4 nitrogen and oxygen atoms in total. The van der Waals surface area contributed by atoms with Gasteiger partial charge in [0, 0.05) is 5.56 Å². The van der Waals surface area contributed by atoms with Crippen LogP contribution in [0.25, 0.3) is 0 Å². The van der Waals surface area contributed by atoms with Crippen molar-refractivity contribution in [2.75, 3.05) is 6.61 Å². The van der Waals surface area contributed by atoms with E-state index in [4.69, 9.17) is 9.84 Å². The average molecular weight is 248 g/mol. The van der Waals surface area contributed by atoms with Gasteiger partial charge in [0.25, 0.3) is 0 Å². The average Bonchev–Trinajstić information content (AvgIpc) is 2.30. The van der Waals surface area contributed by atoms with E-state index in [2.05, 4.69) is 6.58 Å². The third kappa shape index (κ3) is 2.97. The summed E-state index contributed by atoms with van der Waals surface area (Å²) in [5.41, 5.74) is 2.59. The summed E-state index contributed by atoms with van der Waals surface area (Å²) in [6, 6.07) is 3.25. The maximum Gasteiger partial charge on any atom is 0.341 e. The summed E-state index contributed by atoms with van der Waals surface area (Å²) in [7, 11) is 0. The molecule has 0 radical (unpaired) electrons. The van der Waals surface area contributed by atoms with Gasteiger partial charge in [-0.3, -0.25) is 4.79 Å². The zero-order valence-corrected chi connectivity index (χ0v) is 10.7. The SMILES string of the molecule is C=C(C)C(=O)c1ccc(OCC(=O)O)c(C)c1C. The molecule has 18 heavy (non-hydrogen) atoms. The van der Waals surface area contributed by atoms with Crippen molar-refractivity contribution in [3.63, 3.8) is 0 Å². The highest BCUT2D eigenvalue weighted by molar-refractivity contribution is 6.09. The van der Waals surface area contributed by atoms with Crippen molar-refractivity contribution in [3.8, 4) is 5.75 Å². The zero-order chi connectivity index (χ0) is 13.9. The number of rotatable bonds is 5. The van der Waals surface area contributed by atoms with E-state index in [1.165, 1.54) is 0 Å². The van der Waals surface area contributed by atoms with Crippen LogP contribution in [0.15, 0.2) is 24.3 Å². The number of ketones is 1. The predicted molar refractivity (Wildman–Crippen MR) is 68.2 cm³/mol. The van der Waals surface area contributed by atoms with Gasteiger partial charge in [0.15, 0.2) is 12.4 Å². The minimum Gasteiger partial charge on any atom is -0.482 e. The van der Waals surface area contributed by atoms with Gasteiger partial charge in [0.05, 0.1) is 0 Å². The van der Waals surface area contributed by atoms with Gasteiger partial charge in [0.2, 0.25) is 0 Å². The molecule has 0 unspecified atom stereocenters. The summed E-state index contributed by atoms with van der Waals surface area (Å²) in [6.45, 7) is 8.49. The fourth-order valence-corrected chi connectivity index (χ4v) is 1.57. The molecule has 0 aliphatic rings. The molecule has 0 fully saturated rings. The van der Waals surface area contributed by atoms with Gasteiger partial charge in [0.1, 0.15) is 5.75 Å². The number of ether oxygens (including phenoxy) is 1. The molecular weight excluding hydrogens is 232 g/mol. The minimum absolute atomic E-state index is 0.111. The van der Waals surface area contributed by atoms with Crippen molar-refractivity contribution < 1.29 is 19.4 Å². The Hall–Kier alpha value is -2.10. The first-order chi connectivity index (χ1) is 8.34. The van der Waals surface area contributed by atoms with Crippen LogP contribution in [-0.2, 0) is 4.79 Å². The Kier molecular flexibility index (Phi) is 4.26. The highest BCUT2D eigenvalue weighted by atomic mass is 16.5. The number of carbonyl (C=O) groups excluding carboxylic acids is 1. The molecule has 0 atom stereocenters. The number of carboxylic acid groups (broad SMARTS) is 1. The number of Topliss-reactive ketones (excluding diaryl/α,β-unsaturated/α-hetero) is 1. The number of carboxylic acids is 1. The second-order valence-corrected chi connectivity index (χ2v) is 4.15. The van der Waals surface area contributed by atoms with Crippen molar-refractivity contribution >= 4 is 11.8 Å². The maximum atomic E-state index is 11.9. The lowest BCUT2D eigenvalue weighted by atomic mass is 9.96. The van der Waals surface area contributed by atoms with E-state index < -0.39 is 12.6 Å². The normalized spacial score (nSPS) is 9.94. The number of benzene rings is 1. The van der Waals surface area contributed by atoms with Gasteiger partial charge in [-0.25, -0.2) is 4.79 Å². The fraction of sp³-hybridized carbons (Fsp3) is 0.286. The van der Waals surface area contributed by atoms with Crippen LogP contribution in [0.3, 0.4) is 0 Å². The molecule has 0 aromatic heterocycles. The zero-order valence-electron chi connectivity index (χ0n) is 10.7. The third-order valence-corrected chi connectivity index (χ3v) is 2.72. The van der Waals surface area contributed by atoms with Gasteiger partial charge in [-0.05, 0) is 49.6 Å². The second kappa shape index (κ2) is 5.49. The predicted octanol–water partition coefficient (Wildman–Crippen LogP) is 2.53. The molecular formula is C14H16O4. The van der Waals surface area contributed by atoms with Crippen LogP contribution < -0.4 is 4.74 Å². The van der Waals surface area contributed by atoms with Gasteiger partial charge in [-0.1, -0.05) is 6.58 Å². The molecule has 0 bridgehead atoms. The lowest BCUT2D eigenvalue weighted by Crippen LogP contribution is -2.11. The molecule has 0 saturated carbocycles. The van der Waals surface area contributed by atoms with Crippen molar-refractivity contribution in [2.24, 2.45) is 0 Å². The Morgan fingerprint density at radius 1 is 1.28 bits per heavy atom. The van der Waals surface area contributed by atoms with Crippen LogP contribution in [0.1, 0.15) is 28.4 Å². The Bertz CT molecular complexity index is 515. The Morgan fingerprint density at radius 2 is 1.89 bits per heavy atom. The van der Waals surface area contributed by atoms with Gasteiger partial charge in [-0.2, -0.15) is 0 Å². The van der Waals surface area contributed by atoms with Crippen molar-refractivity contribution in [3.05, 3.63) is 41.0 Å². The molecule has 1 aromatic rings. The number of aliphatic carboxylic acids is 1. The first-order valence-electron chi connectivity index (χ1n) is 5.49. The van der Waals surface area contributed by atoms with E-state index in [-0.39, 0.29) is 5.78 Å². The van der Waals surface area contributed by atoms with Crippen molar-refractivity contribution in [1.29, 1.82) is 0 Å². The quantitative estimate of drug-likeness (QED) is 0.642. The van der Waals surface area contributed by atoms with Crippen molar-refractivity contribution in [1.82, 2.24) is 0 Å². The smallest absolute Gasteiger partial charge is 0.341 e. The lowest BCUT2D eigenvalue weighted by Gasteiger charge is -2.12. The monoisotopic (exact) mass is 248 g/mol. The molecule has 1 rings (SSSR count). The summed E-state index contributed by atoms with van der Waals surface area (Å²) in [5.74, 6) is -0.664. The number of carbonyl (C=O) groups is 2. The Morgan fingerprint density at radius 3 is 2.39 bits per heavy atom. The molecule has 0 aliphatic heterocycles. The fourth-order valence-electron chi connectivity index (χ4n) is 1.57. The summed E-state index contributed by atoms with van der Waals surface area (Å²) in [6.07, 6.45) is 0. The topological polar surface area (TPSA) is 63.6 Å². The third-order valence-electron chi connectivity index (χ3n) is 2.72. The van der Waals surface area contributed by atoms with E-state index in [1.807, 2.05) is 0 Å². The van der Waals surface area contributed by atoms with Crippen LogP contribution in [-0.4, -0.2) is 23.5 Å². The highest BCUT2D eigenvalue weighted by Crippen LogP contribution is 2.25. The molecule has 0 amide bonds. The maximum absolute atomic E-state index is 11.9. The summed E-state index contributed by atoms with van der Waals surface area (Å²) < 4.78 is 5.14. The molecule has 1 N–H and O–H groups in total. The van der Waals surface area contributed by atoms with E-state index in [9.17, 15) is 9.59 Å². The van der Waals surface area contributed by atoms with E-state index in [0.29, 0.717) is 16.9 Å². The standard InChI is InChI=1S/C14H16O4/c1-8(2)14(17)11-5-6-12(10(4)9(11)3)18-7-13(15)16/h5-6H,1,7H2,2-4H3,(H,15,16). The first kappa shape index (κ1) is 14.0. The van der Waals surface area contributed by atoms with Crippen LogP contribution >= 0.6 is 0 Å². The number of allylic oxidation sites excluding steroid dienone is 1. The number of hydrogen-bond acceptors (Lipinski definition) is 3. The second-order valence-electron chi connectivity index (χ2n) is 4.15. The summed E-state index contributed by atoms with van der Waals surface area (Å²) in [5, 5.41) is 8.56. The summed E-state index contributed by atoms with van der Waals surface area (Å²) in [4.78, 5) is 22.3. The van der Waals surface area contributed by atoms with E-state index in [0.717, 1.165) is 11.1 Å². The molecule has 0 heterocycles. The van der Waals surface area contributed by atoms with Gasteiger partial charge >= 0.3 is 5.97 Å². The van der Waals surface area contributed by atoms with Gasteiger partial charge < -0.3 is 9.84 Å². The molecule has 4 heteroatoms. The Labute approximate surface area is 106 Å². The minimum atomic E-state index is -1.03. The van der Waals surface area contributed by atoms with Crippen molar-refractivity contribution in [2.45, 2.75) is 20.8 Å². The van der Waals surface area contributed by atoms with Crippen LogP contribution in [0.5, 0.6) is 5.75 Å². The first-order valence-corrected chi connectivity index (χ1v) is 5.49. The van der Waals surface area contributed by atoms with Gasteiger partial charge in [-0.15, -0.1) is 0 Å². The molecule has 96 valence electrons. The number of hydrogen-bond donors (Lipinski definition) is 1. The van der Waals surface area contributed by atoms with E-state index >= 15 is 0 Å². The van der Waals surface area contributed by atoms with E-state index in [1.54, 1.807) is 32.9 Å².